The number of aryl methyl sites for hydroxylation is 3. The third-order valence-electron chi connectivity index (χ3n) is 8.11. The molecule has 0 bridgehead atoms. The van der Waals surface area contributed by atoms with Crippen LogP contribution in [0.5, 0.6) is 11.5 Å². The maximum Gasteiger partial charge on any atom is 0.425 e. The summed E-state index contributed by atoms with van der Waals surface area (Å²) in [6, 6.07) is 29.4. The van der Waals surface area contributed by atoms with Crippen molar-refractivity contribution in [1.82, 2.24) is 19.4 Å². The molecule has 0 aliphatic heterocycles. The molecule has 0 fully saturated rings. The molecule has 6 aromatic rings. The lowest BCUT2D eigenvalue weighted by atomic mass is 10.1. The highest BCUT2D eigenvalue weighted by Gasteiger charge is 2.26. The molecule has 240 valence electrons. The van der Waals surface area contributed by atoms with E-state index in [-0.39, 0.29) is 0 Å². The highest BCUT2D eigenvalue weighted by Crippen LogP contribution is 2.35. The minimum atomic E-state index is -0.568. The van der Waals surface area contributed by atoms with E-state index in [1.165, 1.54) is 4.90 Å². The zero-order valence-corrected chi connectivity index (χ0v) is 27.5. The molecule has 0 unspecified atom stereocenters. The van der Waals surface area contributed by atoms with E-state index in [2.05, 4.69) is 52.9 Å². The van der Waals surface area contributed by atoms with Gasteiger partial charge in [0.15, 0.2) is 0 Å². The number of carbonyl (C=O) groups excluding carboxylic acids is 1. The summed E-state index contributed by atoms with van der Waals surface area (Å²) in [7, 11) is 4.10. The van der Waals surface area contributed by atoms with Gasteiger partial charge in [-0.3, -0.25) is 0 Å². The summed E-state index contributed by atoms with van der Waals surface area (Å²) >= 11 is 0. The van der Waals surface area contributed by atoms with E-state index in [1.54, 1.807) is 12.3 Å². The van der Waals surface area contributed by atoms with Crippen molar-refractivity contribution in [2.24, 2.45) is 0 Å². The first-order valence-corrected chi connectivity index (χ1v) is 15.9. The van der Waals surface area contributed by atoms with Crippen molar-refractivity contribution in [3.63, 3.8) is 0 Å². The molecule has 9 nitrogen and oxygen atoms in total. The highest BCUT2D eigenvalue weighted by molar-refractivity contribution is 6.09. The van der Waals surface area contributed by atoms with E-state index < -0.39 is 6.09 Å². The van der Waals surface area contributed by atoms with E-state index in [0.717, 1.165) is 63.9 Å². The van der Waals surface area contributed by atoms with Crippen molar-refractivity contribution in [2.75, 3.05) is 37.5 Å². The number of carbonyl (C=O) groups is 1. The van der Waals surface area contributed by atoms with Gasteiger partial charge in [-0.15, -0.1) is 0 Å². The van der Waals surface area contributed by atoms with Crippen molar-refractivity contribution >= 4 is 51.0 Å². The molecule has 0 radical (unpaired) electrons. The summed E-state index contributed by atoms with van der Waals surface area (Å²) in [6.45, 7) is 8.53. The van der Waals surface area contributed by atoms with Crippen LogP contribution in [0.15, 0.2) is 97.2 Å². The molecular formula is C38H40N6O3. The third-order valence-corrected chi connectivity index (χ3v) is 8.11. The first-order chi connectivity index (χ1) is 22.8. The molecule has 0 spiro atoms. The Morgan fingerprint density at radius 1 is 0.851 bits per heavy atom. The van der Waals surface area contributed by atoms with E-state index in [4.69, 9.17) is 14.5 Å². The van der Waals surface area contributed by atoms with Crippen LogP contribution in [0.3, 0.4) is 0 Å². The first kappa shape index (κ1) is 31.6. The molecule has 0 aliphatic carbocycles. The molecule has 6 rings (SSSR count). The van der Waals surface area contributed by atoms with Crippen LogP contribution in [0.25, 0.3) is 21.8 Å². The Labute approximate surface area is 275 Å². The molecule has 0 atom stereocenters. The van der Waals surface area contributed by atoms with Crippen LogP contribution >= 0.6 is 0 Å². The number of fused-ring (bicyclic) bond motifs is 3. The van der Waals surface area contributed by atoms with Crippen LogP contribution in [-0.4, -0.2) is 52.8 Å². The predicted molar refractivity (Wildman–Crippen MR) is 190 cm³/mol. The van der Waals surface area contributed by atoms with Gasteiger partial charge >= 0.3 is 6.09 Å². The Kier molecular flexibility index (Phi) is 9.35. The Morgan fingerprint density at radius 2 is 1.57 bits per heavy atom. The normalized spacial score (nSPS) is 11.3. The largest absolute Gasteiger partial charge is 0.494 e. The molecule has 2 aromatic heterocycles. The summed E-state index contributed by atoms with van der Waals surface area (Å²) in [4.78, 5) is 27.0. The second-order valence-corrected chi connectivity index (χ2v) is 11.8. The van der Waals surface area contributed by atoms with Crippen LogP contribution in [0.1, 0.15) is 24.5 Å². The number of hydrogen-bond acceptors (Lipinski definition) is 7. The molecule has 4 aromatic carbocycles. The number of nitrogens with zero attached hydrogens (tertiary/aromatic N) is 5. The second kappa shape index (κ2) is 13.9. The number of nitrogens with one attached hydrogen (secondary N) is 1. The summed E-state index contributed by atoms with van der Waals surface area (Å²) in [5.74, 6) is 1.98. The van der Waals surface area contributed by atoms with E-state index in [1.807, 2.05) is 86.6 Å². The molecule has 2 heterocycles. The topological polar surface area (TPSA) is 84.8 Å². The first-order valence-electron chi connectivity index (χ1n) is 15.9. The van der Waals surface area contributed by atoms with Crippen LogP contribution < -0.4 is 19.7 Å². The summed E-state index contributed by atoms with van der Waals surface area (Å²) in [6.07, 6.45) is 2.01. The van der Waals surface area contributed by atoms with Gasteiger partial charge in [0.2, 0.25) is 5.95 Å². The summed E-state index contributed by atoms with van der Waals surface area (Å²) < 4.78 is 14.2. The Bertz CT molecular complexity index is 2000. The Morgan fingerprint density at radius 3 is 2.32 bits per heavy atom. The number of para-hydroxylation sites is 2. The number of anilines is 4. The average molecular weight is 629 g/mol. The Balaban J connectivity index is 1.28. The monoisotopic (exact) mass is 628 g/mol. The second-order valence-electron chi connectivity index (χ2n) is 11.8. The van der Waals surface area contributed by atoms with Gasteiger partial charge in [0.05, 0.1) is 12.3 Å². The molecule has 0 aliphatic rings. The van der Waals surface area contributed by atoms with Crippen molar-refractivity contribution in [3.05, 3.63) is 108 Å². The number of hydrogen-bond donors (Lipinski definition) is 1. The number of rotatable bonds is 11. The number of benzene rings is 4. The minimum absolute atomic E-state index is 0.347. The molecule has 1 amide bonds. The van der Waals surface area contributed by atoms with Gasteiger partial charge in [-0.05, 0) is 101 Å². The van der Waals surface area contributed by atoms with Crippen molar-refractivity contribution in [1.29, 1.82) is 0 Å². The van der Waals surface area contributed by atoms with Crippen molar-refractivity contribution < 1.29 is 14.3 Å². The lowest BCUT2D eigenvalue weighted by molar-refractivity contribution is 0.210. The summed E-state index contributed by atoms with van der Waals surface area (Å²) in [5.41, 5.74) is 5.57. The number of ether oxygens (including phenoxy) is 2. The van der Waals surface area contributed by atoms with Crippen LogP contribution in [0.4, 0.5) is 27.9 Å². The highest BCUT2D eigenvalue weighted by atomic mass is 16.6. The molecule has 0 saturated heterocycles. The van der Waals surface area contributed by atoms with Gasteiger partial charge in [-0.2, -0.15) is 4.98 Å². The standard InChI is InChI=1S/C38H40N6O3/c1-6-43-33-14-8-7-13-31(33)32-25-30(19-20-34(32)43)47-38(45)44(36-26(2)11-9-12-27(36)3)35-21-22-39-37(41-35)40-28-15-17-29(18-16-28)46-24-10-23-42(4)5/h7-9,11-22,25H,6,10,23-24H2,1-5H3,(H,39,40,41). The molecule has 1 N–H and O–H groups in total. The van der Waals surface area contributed by atoms with Gasteiger partial charge in [0.1, 0.15) is 17.3 Å². The number of aromatic nitrogens is 3. The van der Waals surface area contributed by atoms with E-state index in [0.29, 0.717) is 29.8 Å². The fraction of sp³-hybridized carbons (Fsp3) is 0.237. The maximum absolute atomic E-state index is 14.1. The van der Waals surface area contributed by atoms with Gasteiger partial charge in [-0.1, -0.05) is 36.4 Å². The number of amides is 1. The van der Waals surface area contributed by atoms with Crippen LogP contribution in [0, 0.1) is 13.8 Å². The molecule has 9 heteroatoms. The van der Waals surface area contributed by atoms with E-state index >= 15 is 0 Å². The Hall–Kier alpha value is -5.41. The van der Waals surface area contributed by atoms with Crippen LogP contribution in [-0.2, 0) is 6.54 Å². The lowest BCUT2D eigenvalue weighted by Gasteiger charge is -2.25. The van der Waals surface area contributed by atoms with E-state index in [9.17, 15) is 4.79 Å². The molecular weight excluding hydrogens is 588 g/mol. The van der Waals surface area contributed by atoms with Crippen molar-refractivity contribution in [2.45, 2.75) is 33.7 Å². The van der Waals surface area contributed by atoms with Gasteiger partial charge in [0, 0.05) is 52.8 Å². The molecule has 47 heavy (non-hydrogen) atoms. The fourth-order valence-corrected chi connectivity index (χ4v) is 5.91. The van der Waals surface area contributed by atoms with Gasteiger partial charge < -0.3 is 24.3 Å². The van der Waals surface area contributed by atoms with Crippen LogP contribution in [0.2, 0.25) is 0 Å². The lowest BCUT2D eigenvalue weighted by Crippen LogP contribution is -2.31. The smallest absolute Gasteiger partial charge is 0.425 e. The third kappa shape index (κ3) is 6.90. The summed E-state index contributed by atoms with van der Waals surface area (Å²) in [5, 5.41) is 5.40. The predicted octanol–water partition coefficient (Wildman–Crippen LogP) is 8.63. The zero-order valence-electron chi connectivity index (χ0n) is 27.5. The zero-order chi connectivity index (χ0) is 32.9. The van der Waals surface area contributed by atoms with Crippen molar-refractivity contribution in [3.8, 4) is 11.5 Å². The SMILES string of the molecule is CCn1c2ccccc2c2cc(OC(=O)N(c3ccnc(Nc4ccc(OCCCN(C)C)cc4)n3)c3c(C)cccc3C)ccc21. The maximum atomic E-state index is 14.1. The quantitative estimate of drug-likeness (QED) is 0.144. The average Bonchev–Trinajstić information content (AvgIpc) is 3.38. The fourth-order valence-electron chi connectivity index (χ4n) is 5.91. The van der Waals surface area contributed by atoms with Gasteiger partial charge in [-0.25, -0.2) is 14.7 Å². The minimum Gasteiger partial charge on any atom is -0.494 e. The van der Waals surface area contributed by atoms with Gasteiger partial charge in [0.25, 0.3) is 0 Å². The molecule has 0 saturated carbocycles.